The molecular formula is C14H25NO2. The Hall–Kier alpha value is -0.410. The molecule has 0 unspecified atom stereocenters. The van der Waals surface area contributed by atoms with Crippen molar-refractivity contribution >= 4 is 6.29 Å². The van der Waals surface area contributed by atoms with E-state index >= 15 is 0 Å². The van der Waals surface area contributed by atoms with E-state index in [2.05, 4.69) is 12.2 Å². The molecule has 1 aliphatic carbocycles. The van der Waals surface area contributed by atoms with E-state index in [4.69, 9.17) is 4.74 Å². The fourth-order valence-electron chi connectivity index (χ4n) is 3.00. The van der Waals surface area contributed by atoms with Gasteiger partial charge < -0.3 is 14.8 Å². The van der Waals surface area contributed by atoms with Gasteiger partial charge in [0.15, 0.2) is 0 Å². The molecule has 3 nitrogen and oxygen atoms in total. The van der Waals surface area contributed by atoms with Crippen molar-refractivity contribution < 1.29 is 9.53 Å². The summed E-state index contributed by atoms with van der Waals surface area (Å²) in [5, 5.41) is 3.62. The van der Waals surface area contributed by atoms with Gasteiger partial charge in [0, 0.05) is 18.0 Å². The van der Waals surface area contributed by atoms with Gasteiger partial charge in [0.05, 0.1) is 12.7 Å². The third-order valence-electron chi connectivity index (χ3n) is 4.27. The zero-order valence-electron chi connectivity index (χ0n) is 10.9. The van der Waals surface area contributed by atoms with E-state index < -0.39 is 0 Å². The Balaban J connectivity index is 1.61. The first kappa shape index (κ1) is 13.0. The van der Waals surface area contributed by atoms with E-state index in [1.165, 1.54) is 19.3 Å². The average Bonchev–Trinajstić information content (AvgIpc) is 2.85. The van der Waals surface area contributed by atoms with Crippen molar-refractivity contribution in [1.82, 2.24) is 5.32 Å². The summed E-state index contributed by atoms with van der Waals surface area (Å²) in [4.78, 5) is 10.7. The minimum Gasteiger partial charge on any atom is -0.377 e. The number of ether oxygens (including phenoxy) is 1. The fraction of sp³-hybridized carbons (Fsp3) is 0.929. The monoisotopic (exact) mass is 239 g/mol. The maximum atomic E-state index is 10.7. The molecule has 3 heteroatoms. The van der Waals surface area contributed by atoms with Crippen LogP contribution in [0, 0.1) is 5.92 Å². The molecule has 0 bridgehead atoms. The predicted octanol–water partition coefficient (Wildman–Crippen LogP) is 2.29. The quantitative estimate of drug-likeness (QED) is 0.748. The summed E-state index contributed by atoms with van der Waals surface area (Å²) >= 11 is 0. The SMILES string of the molecule is CC[C@@H]1CC[C@@H](CO[C@H]2CC[C@H](C=O)CC2)N1. The van der Waals surface area contributed by atoms with E-state index in [0.29, 0.717) is 24.1 Å². The smallest absolute Gasteiger partial charge is 0.123 e. The number of hydrogen-bond acceptors (Lipinski definition) is 3. The van der Waals surface area contributed by atoms with Crippen LogP contribution in [0.1, 0.15) is 51.9 Å². The molecule has 1 aliphatic heterocycles. The highest BCUT2D eigenvalue weighted by atomic mass is 16.5. The number of carbonyl (C=O) groups excluding carboxylic acids is 1. The van der Waals surface area contributed by atoms with Crippen LogP contribution >= 0.6 is 0 Å². The van der Waals surface area contributed by atoms with Crippen molar-refractivity contribution in [3.63, 3.8) is 0 Å². The molecule has 1 heterocycles. The van der Waals surface area contributed by atoms with E-state index in [-0.39, 0.29) is 0 Å². The molecule has 2 fully saturated rings. The first-order chi connectivity index (χ1) is 8.31. The van der Waals surface area contributed by atoms with E-state index in [0.717, 1.165) is 38.6 Å². The lowest BCUT2D eigenvalue weighted by molar-refractivity contribution is -0.112. The zero-order chi connectivity index (χ0) is 12.1. The minimum atomic E-state index is 0.295. The van der Waals surface area contributed by atoms with Gasteiger partial charge in [0.2, 0.25) is 0 Å². The molecule has 17 heavy (non-hydrogen) atoms. The van der Waals surface area contributed by atoms with E-state index in [1.807, 2.05) is 0 Å². The van der Waals surface area contributed by atoms with Crippen LogP contribution in [0.15, 0.2) is 0 Å². The van der Waals surface area contributed by atoms with Crippen LogP contribution in [0.3, 0.4) is 0 Å². The molecule has 2 rings (SSSR count). The fourth-order valence-corrected chi connectivity index (χ4v) is 3.00. The molecule has 0 aromatic heterocycles. The first-order valence-corrected chi connectivity index (χ1v) is 7.14. The third kappa shape index (κ3) is 3.78. The maximum absolute atomic E-state index is 10.7. The normalized spacial score (nSPS) is 38.2. The number of rotatable bonds is 5. The second-order valence-corrected chi connectivity index (χ2v) is 5.55. The van der Waals surface area contributed by atoms with Crippen LogP contribution in [-0.4, -0.2) is 31.1 Å². The summed E-state index contributed by atoms with van der Waals surface area (Å²) in [6.07, 6.45) is 9.44. The highest BCUT2D eigenvalue weighted by Crippen LogP contribution is 2.25. The summed E-state index contributed by atoms with van der Waals surface area (Å²) in [6, 6.07) is 1.26. The van der Waals surface area contributed by atoms with Crippen LogP contribution in [-0.2, 0) is 9.53 Å². The molecule has 1 saturated heterocycles. The first-order valence-electron chi connectivity index (χ1n) is 7.14. The van der Waals surface area contributed by atoms with Gasteiger partial charge in [-0.2, -0.15) is 0 Å². The second kappa shape index (κ2) is 6.50. The Morgan fingerprint density at radius 1 is 1.12 bits per heavy atom. The lowest BCUT2D eigenvalue weighted by Gasteiger charge is -2.26. The van der Waals surface area contributed by atoms with Crippen molar-refractivity contribution in [2.45, 2.75) is 70.1 Å². The van der Waals surface area contributed by atoms with Gasteiger partial charge in [-0.05, 0) is 44.9 Å². The summed E-state index contributed by atoms with van der Waals surface area (Å²) < 4.78 is 5.97. The van der Waals surface area contributed by atoms with E-state index in [9.17, 15) is 4.79 Å². The van der Waals surface area contributed by atoms with Crippen LogP contribution in [0.4, 0.5) is 0 Å². The van der Waals surface area contributed by atoms with Crippen LogP contribution < -0.4 is 5.32 Å². The van der Waals surface area contributed by atoms with Gasteiger partial charge in [-0.15, -0.1) is 0 Å². The van der Waals surface area contributed by atoms with Crippen molar-refractivity contribution in [2.24, 2.45) is 5.92 Å². The molecule has 0 spiro atoms. The highest BCUT2D eigenvalue weighted by Gasteiger charge is 2.25. The largest absolute Gasteiger partial charge is 0.377 e. The Morgan fingerprint density at radius 2 is 1.82 bits per heavy atom. The van der Waals surface area contributed by atoms with Crippen LogP contribution in [0.25, 0.3) is 0 Å². The molecule has 2 aliphatic rings. The molecule has 0 aromatic carbocycles. The molecule has 2 atom stereocenters. The van der Waals surface area contributed by atoms with Crippen molar-refractivity contribution in [1.29, 1.82) is 0 Å². The number of aldehydes is 1. The number of hydrogen-bond donors (Lipinski definition) is 1. The van der Waals surface area contributed by atoms with Crippen molar-refractivity contribution in [3.8, 4) is 0 Å². The molecule has 1 saturated carbocycles. The predicted molar refractivity (Wildman–Crippen MR) is 68.0 cm³/mol. The Kier molecular flexibility index (Phi) is 4.99. The van der Waals surface area contributed by atoms with Gasteiger partial charge in [-0.25, -0.2) is 0 Å². The summed E-state index contributed by atoms with van der Waals surface area (Å²) in [5.74, 6) is 0.295. The van der Waals surface area contributed by atoms with Crippen molar-refractivity contribution in [2.75, 3.05) is 6.61 Å². The topological polar surface area (TPSA) is 38.3 Å². The van der Waals surface area contributed by atoms with Gasteiger partial charge >= 0.3 is 0 Å². The lowest BCUT2D eigenvalue weighted by Crippen LogP contribution is -2.34. The average molecular weight is 239 g/mol. The number of carbonyl (C=O) groups is 1. The number of nitrogens with one attached hydrogen (secondary N) is 1. The Labute approximate surface area is 104 Å². The van der Waals surface area contributed by atoms with Crippen molar-refractivity contribution in [3.05, 3.63) is 0 Å². The second-order valence-electron chi connectivity index (χ2n) is 5.55. The molecular weight excluding hydrogens is 214 g/mol. The Bertz CT molecular complexity index is 236. The van der Waals surface area contributed by atoms with E-state index in [1.54, 1.807) is 0 Å². The summed E-state index contributed by atoms with van der Waals surface area (Å²) in [5.41, 5.74) is 0. The molecule has 98 valence electrons. The molecule has 1 N–H and O–H groups in total. The Morgan fingerprint density at radius 3 is 2.41 bits per heavy atom. The molecule has 0 amide bonds. The molecule has 0 aromatic rings. The minimum absolute atomic E-state index is 0.295. The summed E-state index contributed by atoms with van der Waals surface area (Å²) in [6.45, 7) is 3.09. The van der Waals surface area contributed by atoms with Gasteiger partial charge in [-0.3, -0.25) is 0 Å². The zero-order valence-corrected chi connectivity index (χ0v) is 10.9. The van der Waals surface area contributed by atoms with Gasteiger partial charge in [0.1, 0.15) is 6.29 Å². The standard InChI is InChI=1S/C14H25NO2/c1-2-12-5-6-13(15-12)10-17-14-7-3-11(9-16)4-8-14/h9,11-15H,2-8,10H2,1H3/t11-,12-,13+,14-/m1/s1. The maximum Gasteiger partial charge on any atom is 0.123 e. The third-order valence-corrected chi connectivity index (χ3v) is 4.27. The van der Waals surface area contributed by atoms with Gasteiger partial charge in [-0.1, -0.05) is 6.92 Å². The van der Waals surface area contributed by atoms with Crippen LogP contribution in [0.2, 0.25) is 0 Å². The lowest BCUT2D eigenvalue weighted by atomic mass is 9.88. The van der Waals surface area contributed by atoms with Crippen LogP contribution in [0.5, 0.6) is 0 Å². The highest BCUT2D eigenvalue weighted by molar-refractivity contribution is 5.53. The van der Waals surface area contributed by atoms with Gasteiger partial charge in [0.25, 0.3) is 0 Å². The molecule has 0 radical (unpaired) electrons. The summed E-state index contributed by atoms with van der Waals surface area (Å²) in [7, 11) is 0.